The predicted molar refractivity (Wildman–Crippen MR) is 214 cm³/mol. The minimum Gasteiger partial charge on any atom is -0.458 e. The molecule has 0 spiro atoms. The second kappa shape index (κ2) is 11.5. The van der Waals surface area contributed by atoms with Gasteiger partial charge in [-0.1, -0.05) is 133 Å². The van der Waals surface area contributed by atoms with Crippen molar-refractivity contribution in [2.24, 2.45) is 0 Å². The van der Waals surface area contributed by atoms with Crippen LogP contribution >= 0.6 is 0 Å². The van der Waals surface area contributed by atoms with Gasteiger partial charge in [0.1, 0.15) is 23.0 Å². The molecule has 0 fully saturated rings. The molecular weight excluding hydrogens is 631 g/mol. The van der Waals surface area contributed by atoms with E-state index in [0.29, 0.717) is 0 Å². The van der Waals surface area contributed by atoms with Crippen molar-refractivity contribution in [2.75, 3.05) is 0 Å². The molecule has 1 aliphatic carbocycles. The zero-order valence-electron chi connectivity index (χ0n) is 28.3. The zero-order chi connectivity index (χ0) is 34.2. The van der Waals surface area contributed by atoms with Crippen LogP contribution in [0, 0.1) is 0 Å². The van der Waals surface area contributed by atoms with Crippen molar-refractivity contribution >= 4 is 23.1 Å². The SMILES string of the molecule is c1ccc(-c2cc(-c3ccccc3)c3c(c2)-c2cccc(-c4cccc(-c5cc6c7c(c5)Oc5ccccc5B7c5ccccc5O6)c4)c2C3)cc1. The monoisotopic (exact) mass is 662 g/mol. The Kier molecular flexibility index (Phi) is 6.44. The molecule has 3 heteroatoms. The van der Waals surface area contributed by atoms with Gasteiger partial charge in [-0.25, -0.2) is 0 Å². The van der Waals surface area contributed by atoms with Crippen molar-refractivity contribution < 1.29 is 9.47 Å². The Morgan fingerprint density at radius 1 is 0.327 bits per heavy atom. The summed E-state index contributed by atoms with van der Waals surface area (Å²) in [6.07, 6.45) is 0.884. The molecule has 8 aromatic carbocycles. The van der Waals surface area contributed by atoms with Crippen LogP contribution in [0.15, 0.2) is 176 Å². The highest BCUT2D eigenvalue weighted by atomic mass is 16.5. The molecule has 8 aromatic rings. The minimum absolute atomic E-state index is 0.0667. The Morgan fingerprint density at radius 2 is 0.846 bits per heavy atom. The summed E-state index contributed by atoms with van der Waals surface area (Å²) in [5, 5.41) is 0. The quantitative estimate of drug-likeness (QED) is 0.175. The maximum absolute atomic E-state index is 6.62. The maximum Gasteiger partial charge on any atom is 0.260 e. The second-order valence-corrected chi connectivity index (χ2v) is 14.0. The molecule has 0 radical (unpaired) electrons. The fourth-order valence-corrected chi connectivity index (χ4v) is 8.68. The van der Waals surface area contributed by atoms with Gasteiger partial charge in [-0.2, -0.15) is 0 Å². The third-order valence-electron chi connectivity index (χ3n) is 11.1. The van der Waals surface area contributed by atoms with Gasteiger partial charge in [0.15, 0.2) is 0 Å². The summed E-state index contributed by atoms with van der Waals surface area (Å²) in [6.45, 7) is 0.0667. The summed E-state index contributed by atoms with van der Waals surface area (Å²) >= 11 is 0. The highest BCUT2D eigenvalue weighted by molar-refractivity contribution is 6.98. The van der Waals surface area contributed by atoms with E-state index in [1.165, 1.54) is 66.6 Å². The van der Waals surface area contributed by atoms with Crippen molar-refractivity contribution in [1.82, 2.24) is 0 Å². The Labute approximate surface area is 303 Å². The van der Waals surface area contributed by atoms with E-state index in [9.17, 15) is 0 Å². The number of hydrogen-bond acceptors (Lipinski definition) is 2. The summed E-state index contributed by atoms with van der Waals surface area (Å²) in [4.78, 5) is 0. The van der Waals surface area contributed by atoms with Crippen LogP contribution in [0.25, 0.3) is 55.6 Å². The van der Waals surface area contributed by atoms with Gasteiger partial charge >= 0.3 is 0 Å². The molecule has 3 aliphatic rings. The average Bonchev–Trinajstić information content (AvgIpc) is 3.60. The highest BCUT2D eigenvalue weighted by Gasteiger charge is 2.40. The third kappa shape index (κ3) is 4.53. The van der Waals surface area contributed by atoms with E-state index >= 15 is 0 Å². The summed E-state index contributed by atoms with van der Waals surface area (Å²) < 4.78 is 13.2. The standard InChI is InChI=1S/C49H31BO2/c1-3-13-31(14-4-1)35-26-39(32-15-5-2-6-16-32)42-30-41-37(19-12-20-38(41)40(42)27-35)34-18-11-17-33(25-34)36-28-47-49-48(29-36)52-46-24-10-8-22-44(46)50(49)43-21-7-9-23-45(43)51-47/h1-29H,30H2. The van der Waals surface area contributed by atoms with E-state index in [1.54, 1.807) is 0 Å². The van der Waals surface area contributed by atoms with Gasteiger partial charge in [-0.15, -0.1) is 0 Å². The van der Waals surface area contributed by atoms with Crippen molar-refractivity contribution in [3.8, 4) is 78.6 Å². The Balaban J connectivity index is 1.03. The largest absolute Gasteiger partial charge is 0.458 e. The van der Waals surface area contributed by atoms with Crippen LogP contribution in [0.5, 0.6) is 23.0 Å². The fraction of sp³-hybridized carbons (Fsp3) is 0.0204. The molecule has 2 heterocycles. The molecule has 0 unspecified atom stereocenters. The summed E-state index contributed by atoms with van der Waals surface area (Å²) in [5.74, 6) is 3.51. The molecule has 2 aliphatic heterocycles. The average molecular weight is 663 g/mol. The molecule has 242 valence electrons. The normalized spacial score (nSPS) is 12.8. The maximum atomic E-state index is 6.62. The van der Waals surface area contributed by atoms with Gasteiger partial charge in [-0.05, 0) is 127 Å². The molecule has 0 bridgehead atoms. The summed E-state index contributed by atoms with van der Waals surface area (Å²) in [6, 6.07) is 63.2. The van der Waals surface area contributed by atoms with E-state index in [-0.39, 0.29) is 6.71 Å². The van der Waals surface area contributed by atoms with Crippen LogP contribution < -0.4 is 25.9 Å². The van der Waals surface area contributed by atoms with Crippen molar-refractivity contribution in [2.45, 2.75) is 6.42 Å². The minimum atomic E-state index is 0.0667. The molecular formula is C49H31BO2. The van der Waals surface area contributed by atoms with Gasteiger partial charge < -0.3 is 9.47 Å². The number of ether oxygens (including phenoxy) is 2. The van der Waals surface area contributed by atoms with Crippen LogP contribution in [0.4, 0.5) is 0 Å². The molecule has 0 amide bonds. The van der Waals surface area contributed by atoms with Gasteiger partial charge in [0.2, 0.25) is 0 Å². The number of benzene rings is 8. The molecule has 0 aromatic heterocycles. The van der Waals surface area contributed by atoms with Gasteiger partial charge in [0, 0.05) is 5.46 Å². The Hall–Kier alpha value is -6.58. The van der Waals surface area contributed by atoms with Gasteiger partial charge in [-0.3, -0.25) is 0 Å². The fourth-order valence-electron chi connectivity index (χ4n) is 8.68. The number of rotatable bonds is 4. The van der Waals surface area contributed by atoms with Gasteiger partial charge in [0.05, 0.1) is 0 Å². The molecule has 0 atom stereocenters. The van der Waals surface area contributed by atoms with Crippen molar-refractivity contribution in [3.63, 3.8) is 0 Å². The Bertz CT molecular complexity index is 2640. The van der Waals surface area contributed by atoms with Crippen LogP contribution in [0.2, 0.25) is 0 Å². The molecule has 0 saturated carbocycles. The first-order valence-electron chi connectivity index (χ1n) is 18.0. The first kappa shape index (κ1) is 29.2. The van der Waals surface area contributed by atoms with Crippen molar-refractivity contribution in [3.05, 3.63) is 187 Å². The predicted octanol–water partition coefficient (Wildman–Crippen LogP) is 10.7. The lowest BCUT2D eigenvalue weighted by atomic mass is 9.35. The third-order valence-corrected chi connectivity index (χ3v) is 11.1. The number of hydrogen-bond donors (Lipinski definition) is 0. The van der Waals surface area contributed by atoms with E-state index in [0.717, 1.165) is 46.0 Å². The summed E-state index contributed by atoms with van der Waals surface area (Å²) in [5.41, 5.74) is 18.6. The van der Waals surface area contributed by atoms with E-state index in [1.807, 2.05) is 12.1 Å². The summed E-state index contributed by atoms with van der Waals surface area (Å²) in [7, 11) is 0. The molecule has 0 saturated heterocycles. The van der Waals surface area contributed by atoms with Crippen molar-refractivity contribution in [1.29, 1.82) is 0 Å². The first-order valence-corrected chi connectivity index (χ1v) is 18.0. The van der Waals surface area contributed by atoms with Crippen LogP contribution in [0.1, 0.15) is 11.1 Å². The van der Waals surface area contributed by atoms with E-state index in [4.69, 9.17) is 9.47 Å². The second-order valence-electron chi connectivity index (χ2n) is 14.0. The molecule has 2 nitrogen and oxygen atoms in total. The first-order chi connectivity index (χ1) is 25.8. The Morgan fingerprint density at radius 3 is 1.56 bits per heavy atom. The number of para-hydroxylation sites is 2. The lowest BCUT2D eigenvalue weighted by Crippen LogP contribution is -2.57. The lowest BCUT2D eigenvalue weighted by Gasteiger charge is -2.33. The van der Waals surface area contributed by atoms with Crippen LogP contribution in [0.3, 0.4) is 0 Å². The molecule has 11 rings (SSSR count). The van der Waals surface area contributed by atoms with Gasteiger partial charge in [0.25, 0.3) is 6.71 Å². The molecule has 52 heavy (non-hydrogen) atoms. The molecule has 0 N–H and O–H groups in total. The topological polar surface area (TPSA) is 18.5 Å². The highest BCUT2D eigenvalue weighted by Crippen LogP contribution is 2.48. The van der Waals surface area contributed by atoms with E-state index in [2.05, 4.69) is 164 Å². The smallest absolute Gasteiger partial charge is 0.260 e. The van der Waals surface area contributed by atoms with Crippen LogP contribution in [-0.2, 0) is 6.42 Å². The van der Waals surface area contributed by atoms with Crippen LogP contribution in [-0.4, -0.2) is 6.71 Å². The number of fused-ring (bicyclic) bond motifs is 7. The lowest BCUT2D eigenvalue weighted by molar-refractivity contribution is 0.465. The zero-order valence-corrected chi connectivity index (χ0v) is 28.3. The van der Waals surface area contributed by atoms with E-state index < -0.39 is 0 Å².